The van der Waals surface area contributed by atoms with Gasteiger partial charge in [0.25, 0.3) is 0 Å². The molecule has 1 atom stereocenters. The number of rotatable bonds is 6. The van der Waals surface area contributed by atoms with Crippen molar-refractivity contribution in [1.82, 2.24) is 4.90 Å². The van der Waals surface area contributed by atoms with E-state index in [0.29, 0.717) is 32.5 Å². The summed E-state index contributed by atoms with van der Waals surface area (Å²) in [5, 5.41) is 11.9. The summed E-state index contributed by atoms with van der Waals surface area (Å²) in [6.45, 7) is 1.45. The monoisotopic (exact) mass is 273 g/mol. The molecule has 1 aliphatic heterocycles. The van der Waals surface area contributed by atoms with E-state index in [4.69, 9.17) is 10.00 Å². The van der Waals surface area contributed by atoms with Crippen molar-refractivity contribution in [2.24, 2.45) is 0 Å². The van der Waals surface area contributed by atoms with Gasteiger partial charge >= 0.3 is 0 Å². The lowest BCUT2D eigenvalue weighted by atomic mass is 10.1. The maximum atomic E-state index is 12.5. The fourth-order valence-corrected chi connectivity index (χ4v) is 2.39. The molecule has 0 spiro atoms. The number of hydrogen-bond acceptors (Lipinski definition) is 4. The molecule has 0 bridgehead atoms. The highest BCUT2D eigenvalue weighted by atomic mass is 16.5. The molecule has 106 valence electrons. The molecule has 5 heteroatoms. The highest BCUT2D eigenvalue weighted by Crippen LogP contribution is 2.26. The Labute approximate surface area is 119 Å². The summed E-state index contributed by atoms with van der Waals surface area (Å²) in [6, 6.07) is 9.80. The van der Waals surface area contributed by atoms with Crippen LogP contribution in [0, 0.1) is 11.3 Å². The lowest BCUT2D eigenvalue weighted by Crippen LogP contribution is -2.44. The van der Waals surface area contributed by atoms with Crippen LogP contribution >= 0.6 is 0 Å². The molecule has 5 nitrogen and oxygen atoms in total. The summed E-state index contributed by atoms with van der Waals surface area (Å²) < 4.78 is 5.03. The maximum Gasteiger partial charge on any atom is 0.245 e. The van der Waals surface area contributed by atoms with Crippen LogP contribution in [-0.2, 0) is 16.0 Å². The molecule has 20 heavy (non-hydrogen) atoms. The van der Waals surface area contributed by atoms with E-state index in [1.807, 2.05) is 24.3 Å². The Kier molecular flexibility index (Phi) is 4.97. The molecule has 1 unspecified atom stereocenters. The number of para-hydroxylation sites is 1. The van der Waals surface area contributed by atoms with Gasteiger partial charge in [-0.15, -0.1) is 0 Å². The van der Waals surface area contributed by atoms with Crippen LogP contribution in [0.1, 0.15) is 12.0 Å². The number of fused-ring (bicyclic) bond motifs is 1. The molecule has 1 aromatic carbocycles. The first kappa shape index (κ1) is 14.4. The molecule has 2 rings (SSSR count). The van der Waals surface area contributed by atoms with Gasteiger partial charge in [0.2, 0.25) is 5.91 Å². The molecule has 0 aromatic heterocycles. The largest absolute Gasteiger partial charge is 0.383 e. The second kappa shape index (κ2) is 6.92. The van der Waals surface area contributed by atoms with Crippen LogP contribution in [-0.4, -0.2) is 43.7 Å². The molecule has 0 saturated carbocycles. The van der Waals surface area contributed by atoms with Crippen molar-refractivity contribution in [1.29, 1.82) is 5.26 Å². The Bertz CT molecular complexity index is 485. The Morgan fingerprint density at radius 1 is 1.50 bits per heavy atom. The number of amides is 1. The van der Waals surface area contributed by atoms with Crippen LogP contribution in [0.4, 0.5) is 5.69 Å². The molecule has 1 N–H and O–H groups in total. The Morgan fingerprint density at radius 2 is 2.30 bits per heavy atom. The van der Waals surface area contributed by atoms with Crippen LogP contribution in [0.3, 0.4) is 0 Å². The second-order valence-corrected chi connectivity index (χ2v) is 4.78. The fourth-order valence-electron chi connectivity index (χ4n) is 2.39. The number of nitrogens with one attached hydrogen (secondary N) is 1. The van der Waals surface area contributed by atoms with E-state index < -0.39 is 0 Å². The average Bonchev–Trinajstić information content (AvgIpc) is 2.90. The van der Waals surface area contributed by atoms with Crippen molar-refractivity contribution in [2.75, 3.05) is 32.1 Å². The predicted molar refractivity (Wildman–Crippen MR) is 76.2 cm³/mol. The maximum absolute atomic E-state index is 12.5. The summed E-state index contributed by atoms with van der Waals surface area (Å²) >= 11 is 0. The van der Waals surface area contributed by atoms with Crippen LogP contribution in [0.25, 0.3) is 0 Å². The number of methoxy groups -OCH3 is 1. The Hall–Kier alpha value is -2.06. The van der Waals surface area contributed by atoms with Crippen LogP contribution in [0.5, 0.6) is 0 Å². The quantitative estimate of drug-likeness (QED) is 0.851. The molecule has 1 aromatic rings. The number of nitrogens with zero attached hydrogens (tertiary/aromatic N) is 2. The zero-order chi connectivity index (χ0) is 14.4. The summed E-state index contributed by atoms with van der Waals surface area (Å²) in [5.41, 5.74) is 2.19. The van der Waals surface area contributed by atoms with Crippen LogP contribution in [0.2, 0.25) is 0 Å². The van der Waals surface area contributed by atoms with Crippen molar-refractivity contribution in [3.63, 3.8) is 0 Å². The van der Waals surface area contributed by atoms with Gasteiger partial charge in [0.1, 0.15) is 6.04 Å². The third-order valence-electron chi connectivity index (χ3n) is 3.44. The van der Waals surface area contributed by atoms with E-state index in [1.54, 1.807) is 12.0 Å². The van der Waals surface area contributed by atoms with Crippen LogP contribution < -0.4 is 5.32 Å². The third kappa shape index (κ3) is 3.28. The lowest BCUT2D eigenvalue weighted by Gasteiger charge is -2.24. The van der Waals surface area contributed by atoms with Gasteiger partial charge in [0, 0.05) is 32.3 Å². The van der Waals surface area contributed by atoms with Gasteiger partial charge in [-0.25, -0.2) is 0 Å². The highest BCUT2D eigenvalue weighted by Gasteiger charge is 2.29. The van der Waals surface area contributed by atoms with Gasteiger partial charge in [-0.3, -0.25) is 4.79 Å². The number of hydrogen-bond donors (Lipinski definition) is 1. The molecule has 1 amide bonds. The van der Waals surface area contributed by atoms with E-state index in [1.165, 1.54) is 0 Å². The first-order chi connectivity index (χ1) is 9.76. The standard InChI is InChI=1S/C15H19N3O2/c1-20-10-9-18(8-4-7-16)15(19)14-11-12-5-2-3-6-13(12)17-14/h2-3,5-6,14,17H,4,8-11H2,1H3. The zero-order valence-electron chi connectivity index (χ0n) is 11.6. The van der Waals surface area contributed by atoms with E-state index in [-0.39, 0.29) is 11.9 Å². The Balaban J connectivity index is 2.00. The average molecular weight is 273 g/mol. The summed E-state index contributed by atoms with van der Waals surface area (Å²) in [4.78, 5) is 14.2. The third-order valence-corrected chi connectivity index (χ3v) is 3.44. The second-order valence-electron chi connectivity index (χ2n) is 4.78. The smallest absolute Gasteiger partial charge is 0.245 e. The fraction of sp³-hybridized carbons (Fsp3) is 0.467. The van der Waals surface area contributed by atoms with Gasteiger partial charge in [-0.2, -0.15) is 5.26 Å². The summed E-state index contributed by atoms with van der Waals surface area (Å²) in [6.07, 6.45) is 1.04. The van der Waals surface area contributed by atoms with Crippen molar-refractivity contribution in [2.45, 2.75) is 18.9 Å². The van der Waals surface area contributed by atoms with Crippen molar-refractivity contribution in [3.8, 4) is 6.07 Å². The summed E-state index contributed by atoms with van der Waals surface area (Å²) in [7, 11) is 1.61. The first-order valence-corrected chi connectivity index (χ1v) is 6.75. The number of carbonyl (C=O) groups excluding carboxylic acids is 1. The number of benzene rings is 1. The minimum atomic E-state index is -0.233. The topological polar surface area (TPSA) is 65.4 Å². The molecule has 0 saturated heterocycles. The molecule has 1 heterocycles. The highest BCUT2D eigenvalue weighted by molar-refractivity contribution is 5.87. The number of anilines is 1. The minimum absolute atomic E-state index is 0.0356. The number of ether oxygens (including phenoxy) is 1. The molecule has 0 aliphatic carbocycles. The van der Waals surface area contributed by atoms with Crippen molar-refractivity contribution < 1.29 is 9.53 Å². The molecule has 0 radical (unpaired) electrons. The van der Waals surface area contributed by atoms with E-state index in [0.717, 1.165) is 11.3 Å². The normalized spacial score (nSPS) is 16.1. The number of carbonyl (C=O) groups is 1. The van der Waals surface area contributed by atoms with E-state index in [9.17, 15) is 4.79 Å². The number of nitriles is 1. The SMILES string of the molecule is COCCN(CCC#N)C(=O)C1Cc2ccccc2N1. The minimum Gasteiger partial charge on any atom is -0.383 e. The molecular weight excluding hydrogens is 254 g/mol. The molecular formula is C15H19N3O2. The first-order valence-electron chi connectivity index (χ1n) is 6.75. The van der Waals surface area contributed by atoms with Gasteiger partial charge in [0.05, 0.1) is 19.1 Å². The molecule has 0 fully saturated rings. The lowest BCUT2D eigenvalue weighted by molar-refractivity contribution is -0.132. The zero-order valence-corrected chi connectivity index (χ0v) is 11.6. The predicted octanol–water partition coefficient (Wildman–Crippen LogP) is 1.41. The Morgan fingerprint density at radius 3 is 3.00 bits per heavy atom. The van der Waals surface area contributed by atoms with Crippen LogP contribution in [0.15, 0.2) is 24.3 Å². The van der Waals surface area contributed by atoms with Crippen molar-refractivity contribution in [3.05, 3.63) is 29.8 Å². The van der Waals surface area contributed by atoms with Gasteiger partial charge in [-0.1, -0.05) is 18.2 Å². The summed E-state index contributed by atoms with van der Waals surface area (Å²) in [5.74, 6) is 0.0356. The molecule has 1 aliphatic rings. The van der Waals surface area contributed by atoms with E-state index in [2.05, 4.69) is 11.4 Å². The van der Waals surface area contributed by atoms with Crippen molar-refractivity contribution >= 4 is 11.6 Å². The van der Waals surface area contributed by atoms with Gasteiger partial charge in [-0.05, 0) is 11.6 Å². The van der Waals surface area contributed by atoms with Gasteiger partial charge < -0.3 is 15.0 Å². The van der Waals surface area contributed by atoms with Gasteiger partial charge in [0.15, 0.2) is 0 Å². The van der Waals surface area contributed by atoms with E-state index >= 15 is 0 Å².